The van der Waals surface area contributed by atoms with Crippen molar-refractivity contribution < 1.29 is 8.42 Å². The summed E-state index contributed by atoms with van der Waals surface area (Å²) in [7, 11) is -3.32. The van der Waals surface area contributed by atoms with Crippen LogP contribution in [0, 0.1) is 12.8 Å². The van der Waals surface area contributed by atoms with E-state index in [9.17, 15) is 8.42 Å². The van der Waals surface area contributed by atoms with Gasteiger partial charge in [0.1, 0.15) is 0 Å². The van der Waals surface area contributed by atoms with Crippen LogP contribution in [0.25, 0.3) is 0 Å². The molecule has 0 spiro atoms. The summed E-state index contributed by atoms with van der Waals surface area (Å²) in [5.74, 6) is 0.581. The van der Waals surface area contributed by atoms with Crippen LogP contribution in [0.5, 0.6) is 0 Å². The lowest BCUT2D eigenvalue weighted by Gasteiger charge is -2.43. The summed E-state index contributed by atoms with van der Waals surface area (Å²) in [5, 5.41) is 0. The summed E-state index contributed by atoms with van der Waals surface area (Å²) in [6, 6.07) is 7.50. The quantitative estimate of drug-likeness (QED) is 0.838. The van der Waals surface area contributed by atoms with Crippen molar-refractivity contribution in [2.75, 3.05) is 6.54 Å². The maximum absolute atomic E-state index is 12.9. The van der Waals surface area contributed by atoms with E-state index in [0.717, 1.165) is 18.4 Å². The van der Waals surface area contributed by atoms with Crippen molar-refractivity contribution >= 4 is 10.0 Å². The third kappa shape index (κ3) is 2.51. The molecule has 1 aliphatic carbocycles. The summed E-state index contributed by atoms with van der Waals surface area (Å²) in [4.78, 5) is 0.453. The van der Waals surface area contributed by atoms with Crippen molar-refractivity contribution in [1.29, 1.82) is 0 Å². The first-order chi connectivity index (χ1) is 9.59. The Balaban J connectivity index is 1.91. The van der Waals surface area contributed by atoms with Gasteiger partial charge in [0.05, 0.1) is 4.90 Å². The first kappa shape index (κ1) is 14.1. The zero-order chi connectivity index (χ0) is 14.2. The van der Waals surface area contributed by atoms with Crippen LogP contribution in [0.2, 0.25) is 0 Å². The molecular formula is C16H23NO2S. The Morgan fingerprint density at radius 1 is 1.00 bits per heavy atom. The van der Waals surface area contributed by atoms with E-state index in [2.05, 4.69) is 0 Å². The van der Waals surface area contributed by atoms with Gasteiger partial charge < -0.3 is 0 Å². The van der Waals surface area contributed by atoms with Crippen molar-refractivity contribution in [2.45, 2.75) is 56.4 Å². The normalized spacial score (nSPS) is 28.1. The van der Waals surface area contributed by atoms with Crippen LogP contribution < -0.4 is 0 Å². The van der Waals surface area contributed by atoms with Gasteiger partial charge in [-0.15, -0.1) is 0 Å². The predicted molar refractivity (Wildman–Crippen MR) is 80.1 cm³/mol. The minimum Gasteiger partial charge on any atom is -0.207 e. The fraction of sp³-hybridized carbons (Fsp3) is 0.625. The molecule has 0 radical (unpaired) electrons. The Morgan fingerprint density at radius 3 is 2.40 bits per heavy atom. The maximum atomic E-state index is 12.9. The molecule has 1 heterocycles. The van der Waals surface area contributed by atoms with Crippen LogP contribution in [0.4, 0.5) is 0 Å². The second-order valence-corrected chi connectivity index (χ2v) is 8.07. The van der Waals surface area contributed by atoms with E-state index in [1.54, 1.807) is 16.4 Å². The number of benzene rings is 1. The lowest BCUT2D eigenvalue weighted by molar-refractivity contribution is 0.129. The molecule has 1 aliphatic heterocycles. The molecule has 3 rings (SSSR count). The lowest BCUT2D eigenvalue weighted by Crippen LogP contribution is -2.49. The van der Waals surface area contributed by atoms with Gasteiger partial charge in [-0.05, 0) is 50.7 Å². The monoisotopic (exact) mass is 293 g/mol. The Kier molecular flexibility index (Phi) is 3.87. The number of hydrogen-bond donors (Lipinski definition) is 0. The summed E-state index contributed by atoms with van der Waals surface area (Å²) in [6.07, 6.45) is 6.87. The van der Waals surface area contributed by atoms with E-state index in [-0.39, 0.29) is 6.04 Å². The standard InChI is InChI=1S/C16H23NO2S/c1-13-8-10-15(11-9-13)20(18,19)17-12-4-6-14-5-2-3-7-16(14)17/h8-11,14,16H,2-7,12H2,1H3/t14-,16+/m1/s1. The van der Waals surface area contributed by atoms with E-state index in [1.807, 2.05) is 19.1 Å². The molecule has 4 heteroatoms. The first-order valence-corrected chi connectivity index (χ1v) is 9.11. The van der Waals surface area contributed by atoms with Gasteiger partial charge in [-0.3, -0.25) is 0 Å². The van der Waals surface area contributed by atoms with Gasteiger partial charge in [-0.1, -0.05) is 30.5 Å². The summed E-state index contributed by atoms with van der Waals surface area (Å²) >= 11 is 0. The molecule has 1 aromatic rings. The molecule has 1 saturated heterocycles. The molecule has 0 aromatic heterocycles. The molecule has 2 atom stereocenters. The Labute approximate surface area is 122 Å². The van der Waals surface area contributed by atoms with Crippen LogP contribution in [-0.4, -0.2) is 25.3 Å². The van der Waals surface area contributed by atoms with E-state index >= 15 is 0 Å². The van der Waals surface area contributed by atoms with E-state index < -0.39 is 10.0 Å². The zero-order valence-electron chi connectivity index (χ0n) is 12.1. The minimum atomic E-state index is -3.32. The average Bonchev–Trinajstić information content (AvgIpc) is 2.47. The highest BCUT2D eigenvalue weighted by Crippen LogP contribution is 2.37. The van der Waals surface area contributed by atoms with Crippen molar-refractivity contribution in [3.8, 4) is 0 Å². The highest BCUT2D eigenvalue weighted by Gasteiger charge is 2.39. The molecule has 3 nitrogen and oxygen atoms in total. The fourth-order valence-corrected chi connectivity index (χ4v) is 5.48. The molecule has 110 valence electrons. The van der Waals surface area contributed by atoms with Gasteiger partial charge in [0.2, 0.25) is 10.0 Å². The SMILES string of the molecule is Cc1ccc(S(=O)(=O)N2CCC[C@H]3CCCC[C@@H]32)cc1. The largest absolute Gasteiger partial charge is 0.243 e. The van der Waals surface area contributed by atoms with Gasteiger partial charge >= 0.3 is 0 Å². The molecule has 2 fully saturated rings. The van der Waals surface area contributed by atoms with E-state index in [1.165, 1.54) is 25.7 Å². The van der Waals surface area contributed by atoms with Crippen LogP contribution in [0.1, 0.15) is 44.1 Å². The summed E-state index contributed by atoms with van der Waals surface area (Å²) in [5.41, 5.74) is 1.10. The fourth-order valence-electron chi connectivity index (χ4n) is 3.72. The number of nitrogens with zero attached hydrogens (tertiary/aromatic N) is 1. The van der Waals surface area contributed by atoms with Crippen molar-refractivity contribution in [3.63, 3.8) is 0 Å². The zero-order valence-corrected chi connectivity index (χ0v) is 12.9. The van der Waals surface area contributed by atoms with Crippen molar-refractivity contribution in [2.24, 2.45) is 5.92 Å². The van der Waals surface area contributed by atoms with Gasteiger partial charge in [0, 0.05) is 12.6 Å². The van der Waals surface area contributed by atoms with Crippen LogP contribution in [-0.2, 0) is 10.0 Å². The molecule has 2 aliphatic rings. The molecule has 1 saturated carbocycles. The number of sulfonamides is 1. The molecule has 0 bridgehead atoms. The minimum absolute atomic E-state index is 0.240. The van der Waals surface area contributed by atoms with Crippen LogP contribution in [0.3, 0.4) is 0 Å². The molecule has 0 N–H and O–H groups in total. The van der Waals surface area contributed by atoms with Gasteiger partial charge in [0.25, 0.3) is 0 Å². The number of rotatable bonds is 2. The third-order valence-electron chi connectivity index (χ3n) is 4.82. The maximum Gasteiger partial charge on any atom is 0.243 e. The summed E-state index contributed by atoms with van der Waals surface area (Å²) in [6.45, 7) is 2.67. The lowest BCUT2D eigenvalue weighted by atomic mass is 9.79. The van der Waals surface area contributed by atoms with Crippen molar-refractivity contribution in [3.05, 3.63) is 29.8 Å². The molecule has 1 aromatic carbocycles. The number of piperidine rings is 1. The first-order valence-electron chi connectivity index (χ1n) is 7.67. The highest BCUT2D eigenvalue weighted by atomic mass is 32.2. The Hall–Kier alpha value is -0.870. The Morgan fingerprint density at radius 2 is 1.65 bits per heavy atom. The molecule has 20 heavy (non-hydrogen) atoms. The Bertz CT molecular complexity index is 563. The molecule has 0 amide bonds. The average molecular weight is 293 g/mol. The number of hydrogen-bond acceptors (Lipinski definition) is 2. The molecular weight excluding hydrogens is 270 g/mol. The van der Waals surface area contributed by atoms with Crippen molar-refractivity contribution in [1.82, 2.24) is 4.31 Å². The van der Waals surface area contributed by atoms with Gasteiger partial charge in [0.15, 0.2) is 0 Å². The van der Waals surface area contributed by atoms with E-state index in [0.29, 0.717) is 17.4 Å². The van der Waals surface area contributed by atoms with Gasteiger partial charge in [-0.25, -0.2) is 8.42 Å². The molecule has 0 unspecified atom stereocenters. The van der Waals surface area contributed by atoms with Crippen LogP contribution in [0.15, 0.2) is 29.2 Å². The third-order valence-corrected chi connectivity index (χ3v) is 6.76. The van der Waals surface area contributed by atoms with Gasteiger partial charge in [-0.2, -0.15) is 4.31 Å². The summed E-state index contributed by atoms with van der Waals surface area (Å²) < 4.78 is 27.6. The number of fused-ring (bicyclic) bond motifs is 1. The second kappa shape index (κ2) is 5.49. The van der Waals surface area contributed by atoms with Crippen LogP contribution >= 0.6 is 0 Å². The highest BCUT2D eigenvalue weighted by molar-refractivity contribution is 7.89. The predicted octanol–water partition coefficient (Wildman–Crippen LogP) is 3.34. The topological polar surface area (TPSA) is 37.4 Å². The second-order valence-electron chi connectivity index (χ2n) is 6.18. The number of aryl methyl sites for hydroxylation is 1. The smallest absolute Gasteiger partial charge is 0.207 e. The van der Waals surface area contributed by atoms with E-state index in [4.69, 9.17) is 0 Å².